The van der Waals surface area contributed by atoms with Gasteiger partial charge < -0.3 is 15.0 Å². The first-order chi connectivity index (χ1) is 10.2. The summed E-state index contributed by atoms with van der Waals surface area (Å²) in [5.74, 6) is 0.263. The van der Waals surface area contributed by atoms with E-state index in [1.165, 1.54) is 6.20 Å². The number of rotatable bonds is 3. The fourth-order valence-electron chi connectivity index (χ4n) is 2.43. The number of nitrogens with zero attached hydrogens (tertiary/aromatic N) is 3. The molecule has 1 N–H and O–H groups in total. The van der Waals surface area contributed by atoms with Gasteiger partial charge in [0.05, 0.1) is 24.7 Å². The van der Waals surface area contributed by atoms with E-state index in [4.69, 9.17) is 10.00 Å². The molecule has 2 amide bonds. The molecule has 21 heavy (non-hydrogen) atoms. The normalized spacial score (nSPS) is 21.4. The van der Waals surface area contributed by atoms with Gasteiger partial charge in [-0.2, -0.15) is 5.26 Å². The molecule has 108 valence electrons. The van der Waals surface area contributed by atoms with Gasteiger partial charge in [-0.15, -0.1) is 0 Å². The van der Waals surface area contributed by atoms with Crippen LogP contribution in [0, 0.1) is 11.3 Å². The molecule has 2 saturated heterocycles. The van der Waals surface area contributed by atoms with Crippen LogP contribution in [-0.4, -0.2) is 46.9 Å². The average molecular weight is 286 g/mol. The van der Waals surface area contributed by atoms with Crippen molar-refractivity contribution in [1.82, 2.24) is 15.2 Å². The van der Waals surface area contributed by atoms with Crippen molar-refractivity contribution in [2.45, 2.75) is 25.0 Å². The van der Waals surface area contributed by atoms with E-state index in [2.05, 4.69) is 10.3 Å². The summed E-state index contributed by atoms with van der Waals surface area (Å²) in [4.78, 5) is 28.9. The SMILES string of the molecule is N#Cc1ccnc(OC2CN(C(=O)C3CCC(=O)N3)C2)c1. The van der Waals surface area contributed by atoms with E-state index < -0.39 is 6.04 Å². The fourth-order valence-corrected chi connectivity index (χ4v) is 2.43. The summed E-state index contributed by atoms with van der Waals surface area (Å²) < 4.78 is 5.61. The van der Waals surface area contributed by atoms with Crippen LogP contribution >= 0.6 is 0 Å². The second kappa shape index (κ2) is 5.40. The molecule has 1 aromatic heterocycles. The van der Waals surface area contributed by atoms with Gasteiger partial charge in [0, 0.05) is 18.7 Å². The highest BCUT2D eigenvalue weighted by Gasteiger charge is 2.38. The Bertz CT molecular complexity index is 619. The lowest BCUT2D eigenvalue weighted by Gasteiger charge is -2.39. The van der Waals surface area contributed by atoms with Crippen LogP contribution in [0.4, 0.5) is 0 Å². The number of amides is 2. The van der Waals surface area contributed by atoms with Crippen molar-refractivity contribution >= 4 is 11.8 Å². The number of nitrogens with one attached hydrogen (secondary N) is 1. The zero-order valence-corrected chi connectivity index (χ0v) is 11.3. The summed E-state index contributed by atoms with van der Waals surface area (Å²) in [5, 5.41) is 11.5. The maximum atomic E-state index is 12.1. The first-order valence-electron chi connectivity index (χ1n) is 6.76. The summed E-state index contributed by atoms with van der Waals surface area (Å²) in [6.45, 7) is 0.952. The van der Waals surface area contributed by atoms with Crippen LogP contribution in [0.1, 0.15) is 18.4 Å². The molecular weight excluding hydrogens is 272 g/mol. The number of hydrogen-bond acceptors (Lipinski definition) is 5. The van der Waals surface area contributed by atoms with Gasteiger partial charge in [-0.25, -0.2) is 4.98 Å². The lowest BCUT2D eigenvalue weighted by molar-refractivity contribution is -0.142. The Kier molecular flexibility index (Phi) is 3.44. The monoisotopic (exact) mass is 286 g/mol. The molecule has 1 unspecified atom stereocenters. The van der Waals surface area contributed by atoms with Gasteiger partial charge in [0.15, 0.2) is 0 Å². The van der Waals surface area contributed by atoms with Crippen molar-refractivity contribution in [3.63, 3.8) is 0 Å². The molecule has 3 heterocycles. The minimum absolute atomic E-state index is 0.0561. The zero-order chi connectivity index (χ0) is 14.8. The maximum Gasteiger partial charge on any atom is 0.245 e. The molecule has 2 fully saturated rings. The fraction of sp³-hybridized carbons (Fsp3) is 0.429. The third kappa shape index (κ3) is 2.79. The molecule has 0 aliphatic carbocycles. The second-order valence-electron chi connectivity index (χ2n) is 5.14. The lowest BCUT2D eigenvalue weighted by atomic mass is 10.1. The number of likely N-dealkylation sites (tertiary alicyclic amines) is 1. The maximum absolute atomic E-state index is 12.1. The van der Waals surface area contributed by atoms with Gasteiger partial charge >= 0.3 is 0 Å². The van der Waals surface area contributed by atoms with Gasteiger partial charge in [0.25, 0.3) is 0 Å². The molecule has 3 rings (SSSR count). The molecule has 7 heteroatoms. The van der Waals surface area contributed by atoms with E-state index in [9.17, 15) is 9.59 Å². The van der Waals surface area contributed by atoms with Gasteiger partial charge in [0.1, 0.15) is 12.1 Å². The summed E-state index contributed by atoms with van der Waals surface area (Å²) in [6.07, 6.45) is 2.37. The quantitative estimate of drug-likeness (QED) is 0.831. The third-order valence-corrected chi connectivity index (χ3v) is 3.60. The molecule has 0 spiro atoms. The smallest absolute Gasteiger partial charge is 0.245 e. The van der Waals surface area contributed by atoms with Gasteiger partial charge in [-0.3, -0.25) is 9.59 Å². The highest BCUT2D eigenvalue weighted by molar-refractivity contribution is 5.91. The third-order valence-electron chi connectivity index (χ3n) is 3.60. The zero-order valence-electron chi connectivity index (χ0n) is 11.3. The van der Waals surface area contributed by atoms with E-state index in [0.29, 0.717) is 37.4 Å². The number of ether oxygens (including phenoxy) is 1. The number of aromatic nitrogens is 1. The van der Waals surface area contributed by atoms with Crippen molar-refractivity contribution in [2.75, 3.05) is 13.1 Å². The molecule has 0 radical (unpaired) electrons. The number of carbonyl (C=O) groups is 2. The summed E-state index contributed by atoms with van der Waals surface area (Å²) >= 11 is 0. The van der Waals surface area contributed by atoms with Gasteiger partial charge in [0.2, 0.25) is 17.7 Å². The van der Waals surface area contributed by atoms with Crippen molar-refractivity contribution in [3.05, 3.63) is 23.9 Å². The Labute approximate surface area is 121 Å². The molecule has 2 aliphatic heterocycles. The van der Waals surface area contributed by atoms with Crippen molar-refractivity contribution in [2.24, 2.45) is 0 Å². The van der Waals surface area contributed by atoms with Crippen molar-refractivity contribution in [3.8, 4) is 11.9 Å². The Morgan fingerprint density at radius 3 is 3.00 bits per heavy atom. The topological polar surface area (TPSA) is 95.3 Å². The summed E-state index contributed by atoms with van der Waals surface area (Å²) in [7, 11) is 0. The molecule has 1 atom stereocenters. The van der Waals surface area contributed by atoms with E-state index >= 15 is 0 Å². The summed E-state index contributed by atoms with van der Waals surface area (Å²) in [5.41, 5.74) is 0.487. The molecule has 0 aromatic carbocycles. The van der Waals surface area contributed by atoms with E-state index in [0.717, 1.165) is 0 Å². The highest BCUT2D eigenvalue weighted by Crippen LogP contribution is 2.19. The Hall–Kier alpha value is -2.62. The minimum atomic E-state index is -0.390. The minimum Gasteiger partial charge on any atom is -0.471 e. The predicted octanol–water partition coefficient (Wildman–Crippen LogP) is -0.179. The van der Waals surface area contributed by atoms with Crippen LogP contribution in [0.3, 0.4) is 0 Å². The highest BCUT2D eigenvalue weighted by atomic mass is 16.5. The first kappa shape index (κ1) is 13.4. The number of hydrogen-bond donors (Lipinski definition) is 1. The first-order valence-corrected chi connectivity index (χ1v) is 6.76. The van der Waals surface area contributed by atoms with Crippen LogP contribution in [-0.2, 0) is 9.59 Å². The number of carbonyl (C=O) groups excluding carboxylic acids is 2. The largest absolute Gasteiger partial charge is 0.471 e. The molecule has 7 nitrogen and oxygen atoms in total. The van der Waals surface area contributed by atoms with Crippen LogP contribution in [0.5, 0.6) is 5.88 Å². The molecule has 2 aliphatic rings. The molecule has 1 aromatic rings. The average Bonchev–Trinajstić information content (AvgIpc) is 2.88. The van der Waals surface area contributed by atoms with Gasteiger partial charge in [-0.05, 0) is 12.5 Å². The second-order valence-corrected chi connectivity index (χ2v) is 5.14. The van der Waals surface area contributed by atoms with Crippen LogP contribution in [0.2, 0.25) is 0 Å². The van der Waals surface area contributed by atoms with Gasteiger partial charge in [-0.1, -0.05) is 0 Å². The van der Waals surface area contributed by atoms with E-state index in [1.807, 2.05) is 6.07 Å². The summed E-state index contributed by atoms with van der Waals surface area (Å²) in [6, 6.07) is 4.80. The van der Waals surface area contributed by atoms with Crippen LogP contribution in [0.25, 0.3) is 0 Å². The lowest BCUT2D eigenvalue weighted by Crippen LogP contribution is -2.59. The Morgan fingerprint density at radius 1 is 1.52 bits per heavy atom. The molecule has 0 bridgehead atoms. The Balaban J connectivity index is 1.50. The molecular formula is C14H14N4O3. The van der Waals surface area contributed by atoms with Crippen LogP contribution in [0.15, 0.2) is 18.3 Å². The number of pyridine rings is 1. The number of nitriles is 1. The van der Waals surface area contributed by atoms with E-state index in [-0.39, 0.29) is 17.9 Å². The van der Waals surface area contributed by atoms with Crippen molar-refractivity contribution < 1.29 is 14.3 Å². The van der Waals surface area contributed by atoms with E-state index in [1.54, 1.807) is 17.0 Å². The van der Waals surface area contributed by atoms with Crippen LogP contribution < -0.4 is 10.1 Å². The standard InChI is InChI=1S/C14H14N4O3/c15-6-9-3-4-16-13(5-9)21-10-7-18(8-10)14(20)11-1-2-12(19)17-11/h3-5,10-11H,1-2,7-8H2,(H,17,19). The Morgan fingerprint density at radius 2 is 2.33 bits per heavy atom. The molecule has 0 saturated carbocycles. The van der Waals surface area contributed by atoms with Crippen molar-refractivity contribution in [1.29, 1.82) is 5.26 Å². The predicted molar refractivity (Wildman–Crippen MR) is 71.1 cm³/mol.